The Bertz CT molecular complexity index is 995. The summed E-state index contributed by atoms with van der Waals surface area (Å²) < 4.78 is 2.20. The van der Waals surface area contributed by atoms with E-state index in [1.165, 1.54) is 65.1 Å². The first-order chi connectivity index (χ1) is 14.2. The average molecular weight is 407 g/mol. The monoisotopic (exact) mass is 406 g/mol. The zero-order chi connectivity index (χ0) is 20.2. The van der Waals surface area contributed by atoms with Gasteiger partial charge in [0.15, 0.2) is 5.82 Å². The van der Waals surface area contributed by atoms with Gasteiger partial charge in [-0.1, -0.05) is 68.9 Å². The van der Waals surface area contributed by atoms with Crippen molar-refractivity contribution in [1.82, 2.24) is 14.8 Å². The van der Waals surface area contributed by atoms with Crippen molar-refractivity contribution in [2.45, 2.75) is 72.3 Å². The van der Waals surface area contributed by atoms with Gasteiger partial charge in [-0.25, -0.2) is 0 Å². The van der Waals surface area contributed by atoms with Gasteiger partial charge in [0.2, 0.25) is 0 Å². The lowest BCUT2D eigenvalue weighted by Crippen LogP contribution is -2.05. The molecule has 3 aromatic rings. The molecule has 0 saturated heterocycles. The standard InChI is InChI=1S/C24H30N4S/c1-4-5-6-7-8-9-10-20-15-21-23(19-13-11-17(2)12-14-19)25-16-22-27-26-18(3)28(22)24(21)29-20/h11-15H,4-10,16H2,1-3H3. The second kappa shape index (κ2) is 9.04. The molecule has 1 aromatic carbocycles. The van der Waals surface area contributed by atoms with E-state index in [2.05, 4.69) is 58.9 Å². The van der Waals surface area contributed by atoms with E-state index in [1.807, 2.05) is 18.3 Å². The highest BCUT2D eigenvalue weighted by molar-refractivity contribution is 7.15. The van der Waals surface area contributed by atoms with E-state index in [-0.39, 0.29) is 0 Å². The normalized spacial score (nSPS) is 13.0. The minimum absolute atomic E-state index is 0.568. The molecule has 3 heterocycles. The number of hydrogen-bond donors (Lipinski definition) is 0. The summed E-state index contributed by atoms with van der Waals surface area (Å²) in [4.78, 5) is 6.40. The van der Waals surface area contributed by atoms with Gasteiger partial charge in [-0.3, -0.25) is 9.56 Å². The lowest BCUT2D eigenvalue weighted by molar-refractivity contribution is 0.609. The molecule has 0 amide bonds. The molecule has 0 atom stereocenters. The minimum atomic E-state index is 0.568. The fraction of sp³-hybridized carbons (Fsp3) is 0.458. The number of fused-ring (bicyclic) bond motifs is 3. The third-order valence-electron chi connectivity index (χ3n) is 5.59. The number of hydrogen-bond acceptors (Lipinski definition) is 4. The zero-order valence-electron chi connectivity index (χ0n) is 17.7. The van der Waals surface area contributed by atoms with Crippen molar-refractivity contribution in [2.24, 2.45) is 4.99 Å². The number of nitrogens with zero attached hydrogens (tertiary/aromatic N) is 4. The molecule has 2 aromatic heterocycles. The molecule has 4 nitrogen and oxygen atoms in total. The van der Waals surface area contributed by atoms with Crippen LogP contribution >= 0.6 is 11.3 Å². The Hall–Kier alpha value is -2.27. The van der Waals surface area contributed by atoms with Crippen LogP contribution in [0.25, 0.3) is 5.00 Å². The summed E-state index contributed by atoms with van der Waals surface area (Å²) in [5, 5.41) is 9.92. The van der Waals surface area contributed by atoms with E-state index in [0.717, 1.165) is 23.8 Å². The first-order valence-corrected chi connectivity index (χ1v) is 11.6. The predicted molar refractivity (Wildman–Crippen MR) is 122 cm³/mol. The van der Waals surface area contributed by atoms with Gasteiger partial charge in [0.1, 0.15) is 17.4 Å². The maximum atomic E-state index is 4.96. The van der Waals surface area contributed by atoms with Crippen molar-refractivity contribution in [3.8, 4) is 5.00 Å². The lowest BCUT2D eigenvalue weighted by atomic mass is 10.0. The number of aryl methyl sites for hydroxylation is 3. The second-order valence-corrected chi connectivity index (χ2v) is 9.09. The Morgan fingerprint density at radius 3 is 2.52 bits per heavy atom. The van der Waals surface area contributed by atoms with E-state index in [1.54, 1.807) is 0 Å². The van der Waals surface area contributed by atoms with Crippen LogP contribution in [-0.2, 0) is 13.0 Å². The SMILES string of the molecule is CCCCCCCCc1cc2c(s1)-n1c(C)nnc1CN=C2c1ccc(C)cc1. The molecule has 0 spiro atoms. The molecule has 0 bridgehead atoms. The first-order valence-electron chi connectivity index (χ1n) is 10.8. The largest absolute Gasteiger partial charge is 0.276 e. The van der Waals surface area contributed by atoms with Gasteiger partial charge in [0.05, 0.1) is 5.71 Å². The molecule has 1 aliphatic heterocycles. The van der Waals surface area contributed by atoms with Crippen molar-refractivity contribution < 1.29 is 0 Å². The first kappa shape index (κ1) is 20.0. The van der Waals surface area contributed by atoms with E-state index in [9.17, 15) is 0 Å². The molecule has 0 aliphatic carbocycles. The molecule has 0 saturated carbocycles. The Morgan fingerprint density at radius 1 is 0.966 bits per heavy atom. The van der Waals surface area contributed by atoms with Crippen LogP contribution in [0.1, 0.15) is 78.7 Å². The molecular formula is C24H30N4S. The van der Waals surface area contributed by atoms with Gasteiger partial charge in [-0.05, 0) is 32.8 Å². The number of rotatable bonds is 8. The second-order valence-electron chi connectivity index (χ2n) is 7.98. The number of benzene rings is 1. The molecule has 1 aliphatic rings. The number of thiophene rings is 1. The summed E-state index contributed by atoms with van der Waals surface area (Å²) >= 11 is 1.88. The van der Waals surface area contributed by atoms with Crippen LogP contribution in [0.5, 0.6) is 0 Å². The number of unbranched alkanes of at least 4 members (excludes halogenated alkanes) is 5. The quantitative estimate of drug-likeness (QED) is 0.418. The van der Waals surface area contributed by atoms with Crippen LogP contribution in [-0.4, -0.2) is 20.5 Å². The van der Waals surface area contributed by atoms with Crippen LogP contribution in [0.15, 0.2) is 35.3 Å². The van der Waals surface area contributed by atoms with Gasteiger partial charge in [0.25, 0.3) is 0 Å². The van der Waals surface area contributed by atoms with E-state index >= 15 is 0 Å². The Morgan fingerprint density at radius 2 is 1.72 bits per heavy atom. The Kier molecular flexibility index (Phi) is 6.24. The molecule has 0 N–H and O–H groups in total. The van der Waals surface area contributed by atoms with Crippen LogP contribution in [0.4, 0.5) is 0 Å². The fourth-order valence-electron chi connectivity index (χ4n) is 3.94. The summed E-state index contributed by atoms with van der Waals surface area (Å²) in [7, 11) is 0. The van der Waals surface area contributed by atoms with Crippen LogP contribution < -0.4 is 0 Å². The topological polar surface area (TPSA) is 43.1 Å². The number of aliphatic imine (C=N–C) groups is 1. The molecule has 29 heavy (non-hydrogen) atoms. The number of aromatic nitrogens is 3. The third-order valence-corrected chi connectivity index (χ3v) is 6.77. The molecule has 0 radical (unpaired) electrons. The van der Waals surface area contributed by atoms with Gasteiger partial charge in [0, 0.05) is 16.0 Å². The van der Waals surface area contributed by atoms with Crippen LogP contribution in [0, 0.1) is 13.8 Å². The molecule has 152 valence electrons. The Balaban J connectivity index is 1.63. The van der Waals surface area contributed by atoms with Crippen molar-refractivity contribution in [3.05, 3.63) is 63.5 Å². The van der Waals surface area contributed by atoms with Gasteiger partial charge in [-0.2, -0.15) is 0 Å². The van der Waals surface area contributed by atoms with Crippen molar-refractivity contribution >= 4 is 17.0 Å². The van der Waals surface area contributed by atoms with Gasteiger partial charge < -0.3 is 0 Å². The van der Waals surface area contributed by atoms with E-state index < -0.39 is 0 Å². The molecule has 5 heteroatoms. The van der Waals surface area contributed by atoms with Crippen molar-refractivity contribution in [3.63, 3.8) is 0 Å². The fourth-order valence-corrected chi connectivity index (χ4v) is 5.20. The predicted octanol–water partition coefficient (Wildman–Crippen LogP) is 6.20. The molecule has 0 fully saturated rings. The third kappa shape index (κ3) is 4.35. The lowest BCUT2D eigenvalue weighted by Gasteiger charge is -2.07. The molecule has 0 unspecified atom stereocenters. The highest BCUT2D eigenvalue weighted by Gasteiger charge is 2.24. The summed E-state index contributed by atoms with van der Waals surface area (Å²) in [5.74, 6) is 1.87. The maximum absolute atomic E-state index is 4.96. The smallest absolute Gasteiger partial charge is 0.160 e. The highest BCUT2D eigenvalue weighted by Crippen LogP contribution is 2.34. The maximum Gasteiger partial charge on any atom is 0.160 e. The van der Waals surface area contributed by atoms with Gasteiger partial charge >= 0.3 is 0 Å². The van der Waals surface area contributed by atoms with Crippen molar-refractivity contribution in [2.75, 3.05) is 0 Å². The van der Waals surface area contributed by atoms with Crippen LogP contribution in [0.3, 0.4) is 0 Å². The van der Waals surface area contributed by atoms with Crippen molar-refractivity contribution in [1.29, 1.82) is 0 Å². The van der Waals surface area contributed by atoms with Crippen LogP contribution in [0.2, 0.25) is 0 Å². The Labute approximate surface area is 177 Å². The molecular weight excluding hydrogens is 376 g/mol. The minimum Gasteiger partial charge on any atom is -0.276 e. The van der Waals surface area contributed by atoms with E-state index in [4.69, 9.17) is 4.99 Å². The van der Waals surface area contributed by atoms with E-state index in [0.29, 0.717) is 6.54 Å². The summed E-state index contributed by atoms with van der Waals surface area (Å²) in [6.07, 6.45) is 9.10. The summed E-state index contributed by atoms with van der Waals surface area (Å²) in [5.41, 5.74) is 4.75. The van der Waals surface area contributed by atoms with Gasteiger partial charge in [-0.15, -0.1) is 21.5 Å². The average Bonchev–Trinajstić information content (AvgIpc) is 3.25. The molecule has 4 rings (SSSR count). The highest BCUT2D eigenvalue weighted by atomic mass is 32.1. The zero-order valence-corrected chi connectivity index (χ0v) is 18.6. The summed E-state index contributed by atoms with van der Waals surface area (Å²) in [6, 6.07) is 11.1. The summed E-state index contributed by atoms with van der Waals surface area (Å²) in [6.45, 7) is 6.99.